The lowest BCUT2D eigenvalue weighted by Gasteiger charge is -2.31. The van der Waals surface area contributed by atoms with Crippen LogP contribution in [0.4, 0.5) is 11.4 Å². The number of halogens is 6. The second kappa shape index (κ2) is 24.8. The molecule has 0 bridgehead atoms. The van der Waals surface area contributed by atoms with Crippen molar-refractivity contribution in [1.29, 1.82) is 0 Å². The van der Waals surface area contributed by atoms with Crippen LogP contribution in [0.2, 0.25) is 0 Å². The van der Waals surface area contributed by atoms with Crippen molar-refractivity contribution in [2.24, 2.45) is 11.5 Å². The predicted octanol–water partition coefficient (Wildman–Crippen LogP) is -1.56. The van der Waals surface area contributed by atoms with E-state index in [1.807, 2.05) is 0 Å². The van der Waals surface area contributed by atoms with Crippen LogP contribution < -0.4 is 21.3 Å². The van der Waals surface area contributed by atoms with E-state index < -0.39 is 101 Å². The Labute approximate surface area is 412 Å². The van der Waals surface area contributed by atoms with Gasteiger partial charge in [0.25, 0.3) is 23.6 Å². The van der Waals surface area contributed by atoms with E-state index in [1.165, 1.54) is 0 Å². The van der Waals surface area contributed by atoms with Gasteiger partial charge in [-0.2, -0.15) is 0 Å². The van der Waals surface area contributed by atoms with Gasteiger partial charge in [0.1, 0.15) is 0 Å². The van der Waals surface area contributed by atoms with Gasteiger partial charge in [-0.1, -0.05) is 0 Å². The number of carbonyl (C=O) groups excluding carboxylic acids is 6. The molecule has 12 N–H and O–H groups in total. The van der Waals surface area contributed by atoms with Crippen LogP contribution in [0.25, 0.3) is 0 Å². The molecule has 20 nitrogen and oxygen atoms in total. The summed E-state index contributed by atoms with van der Waals surface area (Å²) in [6, 6.07) is 0. The van der Waals surface area contributed by atoms with Gasteiger partial charge < -0.3 is 71.9 Å². The molecule has 2 rings (SSSR count). The molecule has 0 radical (unpaired) electrons. The van der Waals surface area contributed by atoms with Crippen molar-refractivity contribution in [2.45, 2.75) is 24.4 Å². The van der Waals surface area contributed by atoms with Crippen molar-refractivity contribution in [3.8, 4) is 0 Å². The minimum Gasteiger partial charge on any atom is -0.395 e. The molecule has 0 saturated heterocycles. The molecule has 58 heavy (non-hydrogen) atoms. The summed E-state index contributed by atoms with van der Waals surface area (Å²) in [5.41, 5.74) is 10.6. The number of anilines is 2. The number of hydrogen-bond acceptors (Lipinski definition) is 14. The Balaban J connectivity index is 2.69. The van der Waals surface area contributed by atoms with Crippen molar-refractivity contribution >= 4 is 183 Å². The number of aliphatic hydroxyl groups is 8. The summed E-state index contributed by atoms with van der Waals surface area (Å²) in [6.07, 6.45) is -5.95. The third kappa shape index (κ3) is 12.7. The van der Waals surface area contributed by atoms with E-state index in [0.717, 1.165) is 19.6 Å². The lowest BCUT2D eigenvalue weighted by molar-refractivity contribution is -0.109. The zero-order valence-electron chi connectivity index (χ0n) is 29.8. The lowest BCUT2D eigenvalue weighted by Crippen LogP contribution is -2.46. The molecule has 0 aliphatic heterocycles. The van der Waals surface area contributed by atoms with Crippen LogP contribution in [0.1, 0.15) is 41.4 Å². The smallest absolute Gasteiger partial charge is 0.256 e. The zero-order chi connectivity index (χ0) is 44.3. The zero-order valence-corrected chi connectivity index (χ0v) is 42.7. The first-order valence-corrected chi connectivity index (χ1v) is 22.9. The van der Waals surface area contributed by atoms with E-state index in [0.29, 0.717) is 0 Å². The summed E-state index contributed by atoms with van der Waals surface area (Å²) in [5, 5.41) is 80.7. The van der Waals surface area contributed by atoms with Crippen LogP contribution in [0.3, 0.4) is 0 Å². The fourth-order valence-electron chi connectivity index (χ4n) is 5.37. The molecular weight excluding hydrogens is 1450 g/mol. The van der Waals surface area contributed by atoms with Crippen LogP contribution in [0.5, 0.6) is 0 Å². The van der Waals surface area contributed by atoms with Gasteiger partial charge in [-0.25, -0.2) is 0 Å². The van der Waals surface area contributed by atoms with E-state index in [9.17, 15) is 69.6 Å². The van der Waals surface area contributed by atoms with Crippen molar-refractivity contribution in [2.75, 3.05) is 75.5 Å². The first-order chi connectivity index (χ1) is 27.2. The number of primary amides is 2. The van der Waals surface area contributed by atoms with Gasteiger partial charge in [0.05, 0.1) is 112 Å². The molecule has 6 amide bonds. The SMILES string of the molecule is NC(=O)c1c(I)c(C(=O)N(CCO)CC(O)CO)c(I)c(N(C=O)CC(O)C(O)CN(C=O)c2c(I)c(C(N)=O)c(I)c(C(=O)N(CCO)CC(O)CO)c2I)c1I. The molecule has 4 unspecified atom stereocenters. The first-order valence-electron chi connectivity index (χ1n) is 16.4. The van der Waals surface area contributed by atoms with Crippen LogP contribution in [-0.2, 0) is 9.59 Å². The summed E-state index contributed by atoms with van der Waals surface area (Å²) in [6.45, 7) is -5.25. The molecule has 0 spiro atoms. The van der Waals surface area contributed by atoms with Gasteiger partial charge in [0.2, 0.25) is 12.8 Å². The summed E-state index contributed by atoms with van der Waals surface area (Å²) < 4.78 is 0.467. The van der Waals surface area contributed by atoms with Crippen molar-refractivity contribution < 1.29 is 69.6 Å². The molecule has 0 aromatic heterocycles. The van der Waals surface area contributed by atoms with Crippen LogP contribution >= 0.6 is 136 Å². The molecule has 0 aliphatic carbocycles. The average Bonchev–Trinajstić information content (AvgIpc) is 3.15. The highest BCUT2D eigenvalue weighted by atomic mass is 127. The Morgan fingerprint density at radius 1 is 0.517 bits per heavy atom. The minimum atomic E-state index is -1.85. The number of amides is 6. The maximum absolute atomic E-state index is 13.9. The third-order valence-corrected chi connectivity index (χ3v) is 14.5. The first kappa shape index (κ1) is 53.5. The Kier molecular flexibility index (Phi) is 22.9. The van der Waals surface area contributed by atoms with Gasteiger partial charge in [-0.3, -0.25) is 28.8 Å². The Morgan fingerprint density at radius 3 is 1.05 bits per heavy atom. The fourth-order valence-corrected chi connectivity index (χ4v) is 14.9. The highest BCUT2D eigenvalue weighted by Crippen LogP contribution is 2.40. The van der Waals surface area contributed by atoms with Crippen LogP contribution in [-0.4, -0.2) is 177 Å². The normalized spacial score (nSPS) is 13.3. The number of benzene rings is 2. The number of aliphatic hydroxyl groups excluding tert-OH is 8. The van der Waals surface area contributed by atoms with Crippen molar-refractivity contribution in [1.82, 2.24) is 9.80 Å². The number of nitrogens with zero attached hydrogens (tertiary/aromatic N) is 4. The number of rotatable bonds is 23. The number of hydrogen-bond donors (Lipinski definition) is 10. The molecule has 0 saturated carbocycles. The molecular formula is C32H38I6N6O14. The quantitative estimate of drug-likeness (QED) is 0.0445. The highest BCUT2D eigenvalue weighted by molar-refractivity contribution is 14.1. The van der Waals surface area contributed by atoms with E-state index >= 15 is 0 Å². The Hall–Kier alpha value is -0.680. The second-order valence-corrected chi connectivity index (χ2v) is 18.6. The van der Waals surface area contributed by atoms with Gasteiger partial charge >= 0.3 is 0 Å². The molecule has 4 atom stereocenters. The van der Waals surface area contributed by atoms with E-state index in [1.54, 1.807) is 136 Å². The van der Waals surface area contributed by atoms with Gasteiger partial charge in [0, 0.05) is 33.3 Å². The summed E-state index contributed by atoms with van der Waals surface area (Å²) >= 11 is 10.4. The molecule has 322 valence electrons. The molecule has 2 aromatic carbocycles. The molecule has 2 aromatic rings. The predicted molar refractivity (Wildman–Crippen MR) is 257 cm³/mol. The lowest BCUT2D eigenvalue weighted by atomic mass is 10.0. The van der Waals surface area contributed by atoms with Crippen molar-refractivity contribution in [3.05, 3.63) is 43.7 Å². The molecule has 0 heterocycles. The maximum atomic E-state index is 13.9. The Bertz CT molecular complexity index is 1750. The standard InChI is InChI=1S/C32H38I6N6O14/c33-21-17(29(39)55)23(35)27(25(37)19(21)31(57)41(1-3-45)5-13(51)9-47)43(11-49)7-15(53)16(54)8-44(12-50)28-24(36)18(30(40)56)22(34)20(26(28)38)32(58)42(2-4-46)6-14(52)10-48/h11-16,45-48,51-54H,1-10H2,(H2,39,55)(H2,40,56). The largest absolute Gasteiger partial charge is 0.395 e. The van der Waals surface area contributed by atoms with Crippen molar-refractivity contribution in [3.63, 3.8) is 0 Å². The number of nitrogens with two attached hydrogens (primary N) is 2. The van der Waals surface area contributed by atoms with Crippen LogP contribution in [0.15, 0.2) is 0 Å². The number of carbonyl (C=O) groups is 6. The second-order valence-electron chi connectivity index (χ2n) is 12.1. The maximum Gasteiger partial charge on any atom is 0.256 e. The molecule has 26 heteroatoms. The fraction of sp³-hybridized carbons (Fsp3) is 0.438. The summed E-state index contributed by atoms with van der Waals surface area (Å²) in [5.74, 6) is -3.58. The average molecular weight is 1490 g/mol. The third-order valence-electron chi connectivity index (χ3n) is 8.15. The van der Waals surface area contributed by atoms with Gasteiger partial charge in [-0.15, -0.1) is 0 Å². The Morgan fingerprint density at radius 2 is 0.810 bits per heavy atom. The van der Waals surface area contributed by atoms with E-state index in [2.05, 4.69) is 0 Å². The van der Waals surface area contributed by atoms with Gasteiger partial charge in [-0.05, 0) is 136 Å². The molecule has 0 aliphatic rings. The minimum absolute atomic E-state index is 0.0705. The van der Waals surface area contributed by atoms with E-state index in [-0.39, 0.29) is 81.0 Å². The van der Waals surface area contributed by atoms with Gasteiger partial charge in [0.15, 0.2) is 0 Å². The summed E-state index contributed by atoms with van der Waals surface area (Å²) in [4.78, 5) is 82.4. The summed E-state index contributed by atoms with van der Waals surface area (Å²) in [7, 11) is 0. The molecule has 0 fully saturated rings. The topological polar surface area (TPSA) is 329 Å². The monoisotopic (exact) mass is 1490 g/mol. The van der Waals surface area contributed by atoms with Crippen LogP contribution in [0, 0.1) is 21.4 Å². The van der Waals surface area contributed by atoms with E-state index in [4.69, 9.17) is 11.5 Å². The highest BCUT2D eigenvalue weighted by Gasteiger charge is 2.35.